The fourth-order valence-electron chi connectivity index (χ4n) is 0.681. The molecule has 0 fully saturated rings. The van der Waals surface area contributed by atoms with Gasteiger partial charge in [0.15, 0.2) is 0 Å². The van der Waals surface area contributed by atoms with Crippen molar-refractivity contribution in [1.29, 1.82) is 0 Å². The van der Waals surface area contributed by atoms with E-state index in [-0.39, 0.29) is 6.42 Å². The first-order valence-electron chi connectivity index (χ1n) is 3.75. The van der Waals surface area contributed by atoms with Crippen molar-refractivity contribution in [2.24, 2.45) is 0 Å². The lowest BCUT2D eigenvalue weighted by Gasteiger charge is -1.89. The second-order valence-corrected chi connectivity index (χ2v) is 2.28. The van der Waals surface area contributed by atoms with E-state index < -0.39 is 5.97 Å². The molecule has 0 aromatic heterocycles. The van der Waals surface area contributed by atoms with E-state index >= 15 is 0 Å². The van der Waals surface area contributed by atoms with Crippen LogP contribution in [0.5, 0.6) is 0 Å². The summed E-state index contributed by atoms with van der Waals surface area (Å²) in [6, 6.07) is 0. The van der Waals surface area contributed by atoms with Gasteiger partial charge in [0, 0.05) is 6.42 Å². The molecule has 0 aliphatic heterocycles. The quantitative estimate of drug-likeness (QED) is 0.471. The van der Waals surface area contributed by atoms with Crippen molar-refractivity contribution in [3.63, 3.8) is 0 Å². The number of aliphatic carboxylic acids is 1. The summed E-state index contributed by atoms with van der Waals surface area (Å²) in [6.45, 7) is 3.56. The smallest absolute Gasteiger partial charge is 0.303 e. The normalized spacial score (nSPS) is 10.2. The van der Waals surface area contributed by atoms with Gasteiger partial charge < -0.3 is 5.11 Å². The SMILES string of the molecule is C=CC/C=C/CCCC(=O)O. The number of carboxylic acid groups (broad SMARTS) is 1. The molecule has 2 nitrogen and oxygen atoms in total. The molecule has 0 amide bonds. The zero-order valence-corrected chi connectivity index (χ0v) is 6.62. The van der Waals surface area contributed by atoms with Gasteiger partial charge in [0.1, 0.15) is 0 Å². The molecule has 0 rings (SSSR count). The third-order valence-electron chi connectivity index (χ3n) is 1.23. The van der Waals surface area contributed by atoms with Gasteiger partial charge in [-0.1, -0.05) is 18.2 Å². The van der Waals surface area contributed by atoms with Crippen LogP contribution in [0.15, 0.2) is 24.8 Å². The minimum Gasteiger partial charge on any atom is -0.481 e. The number of hydrogen-bond acceptors (Lipinski definition) is 1. The summed E-state index contributed by atoms with van der Waals surface area (Å²) in [5.74, 6) is -0.720. The van der Waals surface area contributed by atoms with E-state index in [2.05, 4.69) is 6.58 Å². The second kappa shape index (κ2) is 7.06. The first-order chi connectivity index (χ1) is 5.27. The Morgan fingerprint density at radius 1 is 1.45 bits per heavy atom. The molecule has 0 unspecified atom stereocenters. The lowest BCUT2D eigenvalue weighted by atomic mass is 10.2. The van der Waals surface area contributed by atoms with E-state index in [0.29, 0.717) is 0 Å². The fraction of sp³-hybridized carbons (Fsp3) is 0.444. The average Bonchev–Trinajstić information content (AvgIpc) is 1.96. The van der Waals surface area contributed by atoms with Gasteiger partial charge in [-0.2, -0.15) is 0 Å². The molecule has 0 radical (unpaired) electrons. The third-order valence-corrected chi connectivity index (χ3v) is 1.23. The van der Waals surface area contributed by atoms with Crippen LogP contribution < -0.4 is 0 Å². The summed E-state index contributed by atoms with van der Waals surface area (Å²) < 4.78 is 0. The van der Waals surface area contributed by atoms with Crippen LogP contribution in [0.2, 0.25) is 0 Å². The van der Waals surface area contributed by atoms with Crippen molar-refractivity contribution in [3.8, 4) is 0 Å². The average molecular weight is 154 g/mol. The Morgan fingerprint density at radius 3 is 2.73 bits per heavy atom. The number of rotatable bonds is 6. The summed E-state index contributed by atoms with van der Waals surface area (Å²) in [5.41, 5.74) is 0. The van der Waals surface area contributed by atoms with E-state index in [1.807, 2.05) is 18.2 Å². The lowest BCUT2D eigenvalue weighted by molar-refractivity contribution is -0.137. The van der Waals surface area contributed by atoms with Crippen molar-refractivity contribution in [1.82, 2.24) is 0 Å². The monoisotopic (exact) mass is 154 g/mol. The molecular weight excluding hydrogens is 140 g/mol. The highest BCUT2D eigenvalue weighted by atomic mass is 16.4. The predicted octanol–water partition coefficient (Wildman–Crippen LogP) is 2.37. The van der Waals surface area contributed by atoms with Crippen LogP contribution >= 0.6 is 0 Å². The van der Waals surface area contributed by atoms with Gasteiger partial charge in [-0.15, -0.1) is 6.58 Å². The van der Waals surface area contributed by atoms with Crippen LogP contribution in [0.3, 0.4) is 0 Å². The highest BCUT2D eigenvalue weighted by molar-refractivity contribution is 5.66. The topological polar surface area (TPSA) is 37.3 Å². The summed E-state index contributed by atoms with van der Waals surface area (Å²) in [7, 11) is 0. The predicted molar refractivity (Wildman–Crippen MR) is 45.4 cm³/mol. The van der Waals surface area contributed by atoms with E-state index in [4.69, 9.17) is 5.11 Å². The van der Waals surface area contributed by atoms with Crippen LogP contribution in [0, 0.1) is 0 Å². The maximum Gasteiger partial charge on any atom is 0.303 e. The Hall–Kier alpha value is -1.05. The molecule has 1 N–H and O–H groups in total. The van der Waals surface area contributed by atoms with Gasteiger partial charge in [-0.05, 0) is 19.3 Å². The summed E-state index contributed by atoms with van der Waals surface area (Å²) in [4.78, 5) is 10.0. The van der Waals surface area contributed by atoms with E-state index in [1.54, 1.807) is 0 Å². The number of carboxylic acids is 1. The molecule has 0 aromatic rings. The summed E-state index contributed by atoms with van der Waals surface area (Å²) in [5, 5.41) is 8.28. The largest absolute Gasteiger partial charge is 0.481 e. The molecule has 0 saturated heterocycles. The molecule has 0 heterocycles. The number of unbranched alkanes of at least 4 members (excludes halogenated alkanes) is 1. The maximum atomic E-state index is 10.0. The first-order valence-corrected chi connectivity index (χ1v) is 3.75. The lowest BCUT2D eigenvalue weighted by Crippen LogP contribution is -1.92. The van der Waals surface area contributed by atoms with Gasteiger partial charge in [-0.3, -0.25) is 4.79 Å². The second-order valence-electron chi connectivity index (χ2n) is 2.28. The van der Waals surface area contributed by atoms with Crippen LogP contribution in [0.4, 0.5) is 0 Å². The fourth-order valence-corrected chi connectivity index (χ4v) is 0.681. The van der Waals surface area contributed by atoms with Gasteiger partial charge in [0.05, 0.1) is 0 Å². The Labute approximate surface area is 67.2 Å². The van der Waals surface area contributed by atoms with Crippen LogP contribution in [0.25, 0.3) is 0 Å². The Bertz CT molecular complexity index is 148. The van der Waals surface area contributed by atoms with Gasteiger partial charge in [0.25, 0.3) is 0 Å². The summed E-state index contributed by atoms with van der Waals surface area (Å²) in [6.07, 6.45) is 8.50. The van der Waals surface area contributed by atoms with Gasteiger partial charge in [0.2, 0.25) is 0 Å². The highest BCUT2D eigenvalue weighted by Crippen LogP contribution is 1.97. The van der Waals surface area contributed by atoms with Crippen molar-refractivity contribution in [2.75, 3.05) is 0 Å². The molecule has 0 aromatic carbocycles. The molecule has 0 aliphatic carbocycles. The molecular formula is C9H14O2. The molecule has 0 aliphatic rings. The van der Waals surface area contributed by atoms with Crippen molar-refractivity contribution in [2.45, 2.75) is 25.7 Å². The Balaban J connectivity index is 3.13. The standard InChI is InChI=1S/C9H14O2/c1-2-3-4-5-6-7-8-9(10)11/h2,4-5H,1,3,6-8H2,(H,10,11)/b5-4+. The number of carbonyl (C=O) groups is 1. The van der Waals surface area contributed by atoms with Crippen LogP contribution in [-0.4, -0.2) is 11.1 Å². The first kappa shape index (κ1) is 9.95. The zero-order chi connectivity index (χ0) is 8.53. The number of allylic oxidation sites excluding steroid dienone is 3. The molecule has 0 spiro atoms. The van der Waals surface area contributed by atoms with Crippen LogP contribution in [-0.2, 0) is 4.79 Å². The molecule has 62 valence electrons. The molecule has 2 heteroatoms. The van der Waals surface area contributed by atoms with E-state index in [9.17, 15) is 4.79 Å². The number of hydrogen-bond donors (Lipinski definition) is 1. The zero-order valence-electron chi connectivity index (χ0n) is 6.62. The van der Waals surface area contributed by atoms with Gasteiger partial charge in [-0.25, -0.2) is 0 Å². The molecule has 11 heavy (non-hydrogen) atoms. The Morgan fingerprint density at radius 2 is 2.18 bits per heavy atom. The minimum atomic E-state index is -0.720. The van der Waals surface area contributed by atoms with Crippen molar-refractivity contribution < 1.29 is 9.90 Å². The van der Waals surface area contributed by atoms with Crippen LogP contribution in [0.1, 0.15) is 25.7 Å². The van der Waals surface area contributed by atoms with Crippen molar-refractivity contribution in [3.05, 3.63) is 24.8 Å². The molecule has 0 atom stereocenters. The maximum absolute atomic E-state index is 10.0. The van der Waals surface area contributed by atoms with Gasteiger partial charge >= 0.3 is 5.97 Å². The Kier molecular flexibility index (Phi) is 6.39. The molecule has 0 bridgehead atoms. The molecule has 0 saturated carbocycles. The van der Waals surface area contributed by atoms with E-state index in [0.717, 1.165) is 19.3 Å². The minimum absolute atomic E-state index is 0.262. The highest BCUT2D eigenvalue weighted by Gasteiger charge is 1.92. The van der Waals surface area contributed by atoms with Crippen molar-refractivity contribution >= 4 is 5.97 Å². The summed E-state index contributed by atoms with van der Waals surface area (Å²) >= 11 is 0. The van der Waals surface area contributed by atoms with E-state index in [1.165, 1.54) is 0 Å². The third kappa shape index (κ3) is 8.95.